The lowest BCUT2D eigenvalue weighted by Crippen LogP contribution is -2.51. The van der Waals surface area contributed by atoms with Crippen LogP contribution < -0.4 is 0 Å². The van der Waals surface area contributed by atoms with Gasteiger partial charge in [0.2, 0.25) is 0 Å². The van der Waals surface area contributed by atoms with E-state index < -0.39 is 30.0 Å². The first-order chi connectivity index (χ1) is 5.94. The molecule has 4 N–H and O–H groups in total. The number of fused-ring (bicyclic) bond motifs is 1. The Kier molecular flexibility index (Phi) is 1.91. The molecule has 5 atom stereocenters. The molecule has 13 heavy (non-hydrogen) atoms. The topological polar surface area (TPSA) is 84.2 Å². The first-order valence-electron chi connectivity index (χ1n) is 4.45. The molecule has 2 aliphatic heterocycles. The van der Waals surface area contributed by atoms with Gasteiger partial charge in [0.15, 0.2) is 0 Å². The average Bonchev–Trinajstić information content (AvgIpc) is 2.37. The van der Waals surface area contributed by atoms with Crippen molar-refractivity contribution in [3.05, 3.63) is 0 Å². The van der Waals surface area contributed by atoms with Crippen LogP contribution in [0, 0.1) is 0 Å². The summed E-state index contributed by atoms with van der Waals surface area (Å²) in [6.45, 7) is 2.12. The van der Waals surface area contributed by atoms with E-state index in [9.17, 15) is 20.4 Å². The average molecular weight is 189 g/mol. The molecule has 0 aromatic rings. The lowest BCUT2D eigenvalue weighted by molar-refractivity contribution is -0.0830. The Hall–Kier alpha value is -0.200. The highest BCUT2D eigenvalue weighted by atomic mass is 16.4. The van der Waals surface area contributed by atoms with Gasteiger partial charge >= 0.3 is 0 Å². The standard InChI is InChI=1S/C8H15NO4/c1-8(13)5(11)3-9-2-4(10)6(12)7(8)9/h4-7,10-13H,2-3H2,1H3. The lowest BCUT2D eigenvalue weighted by Gasteiger charge is -2.29. The molecule has 2 rings (SSSR count). The van der Waals surface area contributed by atoms with E-state index in [1.165, 1.54) is 6.92 Å². The van der Waals surface area contributed by atoms with E-state index in [2.05, 4.69) is 0 Å². The summed E-state index contributed by atoms with van der Waals surface area (Å²) in [5.41, 5.74) is -1.32. The van der Waals surface area contributed by atoms with Crippen LogP contribution in [0.1, 0.15) is 6.92 Å². The van der Waals surface area contributed by atoms with Gasteiger partial charge in [-0.3, -0.25) is 4.90 Å². The van der Waals surface area contributed by atoms with Crippen molar-refractivity contribution in [3.8, 4) is 0 Å². The van der Waals surface area contributed by atoms with Crippen LogP contribution in [0.4, 0.5) is 0 Å². The van der Waals surface area contributed by atoms with E-state index in [0.29, 0.717) is 13.1 Å². The molecule has 0 saturated carbocycles. The molecule has 2 fully saturated rings. The van der Waals surface area contributed by atoms with Crippen molar-refractivity contribution in [1.29, 1.82) is 0 Å². The Bertz CT molecular complexity index is 220. The normalized spacial score (nSPS) is 57.0. The Balaban J connectivity index is 2.25. The van der Waals surface area contributed by atoms with Crippen LogP contribution in [-0.4, -0.2) is 68.4 Å². The van der Waals surface area contributed by atoms with Gasteiger partial charge in [-0.2, -0.15) is 0 Å². The third-order valence-electron chi connectivity index (χ3n) is 3.21. The quantitative estimate of drug-likeness (QED) is 0.339. The van der Waals surface area contributed by atoms with E-state index in [1.807, 2.05) is 0 Å². The highest BCUT2D eigenvalue weighted by Gasteiger charge is 2.57. The molecular formula is C8H15NO4. The fourth-order valence-corrected chi connectivity index (χ4v) is 2.40. The summed E-state index contributed by atoms with van der Waals surface area (Å²) in [7, 11) is 0. The molecule has 2 heterocycles. The molecule has 0 aromatic carbocycles. The van der Waals surface area contributed by atoms with Crippen molar-refractivity contribution in [1.82, 2.24) is 4.90 Å². The Morgan fingerprint density at radius 3 is 2.38 bits per heavy atom. The molecule has 76 valence electrons. The van der Waals surface area contributed by atoms with Gasteiger partial charge in [0.25, 0.3) is 0 Å². The predicted molar refractivity (Wildman–Crippen MR) is 44.0 cm³/mol. The van der Waals surface area contributed by atoms with E-state index in [-0.39, 0.29) is 0 Å². The van der Waals surface area contributed by atoms with Crippen LogP contribution in [0.15, 0.2) is 0 Å². The molecule has 0 aliphatic carbocycles. The summed E-state index contributed by atoms with van der Waals surface area (Å²) in [6.07, 6.45) is -2.63. The first-order valence-corrected chi connectivity index (χ1v) is 4.45. The molecule has 0 aromatic heterocycles. The van der Waals surface area contributed by atoms with Gasteiger partial charge in [0.1, 0.15) is 5.60 Å². The van der Waals surface area contributed by atoms with Crippen LogP contribution >= 0.6 is 0 Å². The van der Waals surface area contributed by atoms with E-state index in [0.717, 1.165) is 0 Å². The maximum Gasteiger partial charge on any atom is 0.107 e. The smallest absolute Gasteiger partial charge is 0.107 e. The Labute approximate surface area is 76.2 Å². The lowest BCUT2D eigenvalue weighted by atomic mass is 9.91. The predicted octanol–water partition coefficient (Wildman–Crippen LogP) is -2.48. The fraction of sp³-hybridized carbons (Fsp3) is 1.00. The molecule has 5 nitrogen and oxygen atoms in total. The Morgan fingerprint density at radius 2 is 1.85 bits per heavy atom. The third kappa shape index (κ3) is 1.12. The molecule has 5 unspecified atom stereocenters. The molecule has 0 spiro atoms. The second-order valence-electron chi connectivity index (χ2n) is 4.20. The maximum absolute atomic E-state index is 9.86. The summed E-state index contributed by atoms with van der Waals surface area (Å²) in [5.74, 6) is 0. The van der Waals surface area contributed by atoms with E-state index >= 15 is 0 Å². The van der Waals surface area contributed by atoms with Crippen molar-refractivity contribution in [3.63, 3.8) is 0 Å². The van der Waals surface area contributed by atoms with Gasteiger partial charge in [0, 0.05) is 13.1 Å². The largest absolute Gasteiger partial charge is 0.389 e. The zero-order valence-electron chi connectivity index (χ0n) is 7.46. The van der Waals surface area contributed by atoms with Crippen LogP contribution in [0.5, 0.6) is 0 Å². The van der Waals surface area contributed by atoms with Crippen molar-refractivity contribution in [2.45, 2.75) is 36.9 Å². The number of aliphatic hydroxyl groups excluding tert-OH is 3. The minimum atomic E-state index is -1.32. The maximum atomic E-state index is 9.86. The second kappa shape index (κ2) is 2.65. The molecule has 5 heteroatoms. The molecule has 2 aliphatic rings. The van der Waals surface area contributed by atoms with Crippen molar-refractivity contribution in [2.75, 3.05) is 13.1 Å². The van der Waals surface area contributed by atoms with Crippen LogP contribution in [0.3, 0.4) is 0 Å². The minimum Gasteiger partial charge on any atom is -0.389 e. The summed E-state index contributed by atoms with van der Waals surface area (Å²) in [5, 5.41) is 38.2. The van der Waals surface area contributed by atoms with Gasteiger partial charge < -0.3 is 20.4 Å². The van der Waals surface area contributed by atoms with E-state index in [4.69, 9.17) is 0 Å². The SMILES string of the molecule is CC1(O)C(O)CN2CC(O)C(O)C21. The summed E-state index contributed by atoms with van der Waals surface area (Å²) in [6, 6.07) is -0.544. The zero-order valence-corrected chi connectivity index (χ0v) is 7.46. The van der Waals surface area contributed by atoms with Gasteiger partial charge in [-0.05, 0) is 6.92 Å². The highest BCUT2D eigenvalue weighted by molar-refractivity contribution is 5.11. The van der Waals surface area contributed by atoms with Crippen LogP contribution in [0.2, 0.25) is 0 Å². The number of nitrogens with zero attached hydrogens (tertiary/aromatic N) is 1. The molecular weight excluding hydrogens is 174 g/mol. The minimum absolute atomic E-state index is 0.311. The van der Waals surface area contributed by atoms with Crippen molar-refractivity contribution >= 4 is 0 Å². The molecule has 0 bridgehead atoms. The monoisotopic (exact) mass is 189 g/mol. The zero-order chi connectivity index (χ0) is 9.80. The van der Waals surface area contributed by atoms with Crippen LogP contribution in [0.25, 0.3) is 0 Å². The fourth-order valence-electron chi connectivity index (χ4n) is 2.40. The molecule has 0 amide bonds. The van der Waals surface area contributed by atoms with Crippen molar-refractivity contribution < 1.29 is 20.4 Å². The summed E-state index contributed by atoms with van der Waals surface area (Å²) in [4.78, 5) is 1.72. The van der Waals surface area contributed by atoms with Gasteiger partial charge in [0.05, 0.1) is 24.4 Å². The summed E-state index contributed by atoms with van der Waals surface area (Å²) < 4.78 is 0. The van der Waals surface area contributed by atoms with E-state index in [1.54, 1.807) is 4.90 Å². The highest BCUT2D eigenvalue weighted by Crippen LogP contribution is 2.36. The van der Waals surface area contributed by atoms with Gasteiger partial charge in [-0.25, -0.2) is 0 Å². The number of hydrogen-bond acceptors (Lipinski definition) is 5. The number of aliphatic hydroxyl groups is 4. The second-order valence-corrected chi connectivity index (χ2v) is 4.20. The molecule has 0 radical (unpaired) electrons. The van der Waals surface area contributed by atoms with Gasteiger partial charge in [-0.15, -0.1) is 0 Å². The van der Waals surface area contributed by atoms with Crippen molar-refractivity contribution in [2.24, 2.45) is 0 Å². The van der Waals surface area contributed by atoms with Crippen LogP contribution in [-0.2, 0) is 0 Å². The summed E-state index contributed by atoms with van der Waals surface area (Å²) >= 11 is 0. The third-order valence-corrected chi connectivity index (χ3v) is 3.21. The number of hydrogen-bond donors (Lipinski definition) is 4. The molecule has 2 saturated heterocycles. The van der Waals surface area contributed by atoms with Gasteiger partial charge in [-0.1, -0.05) is 0 Å². The first kappa shape index (κ1) is 9.36. The number of rotatable bonds is 0. The Morgan fingerprint density at radius 1 is 1.23 bits per heavy atom.